The van der Waals surface area contributed by atoms with Crippen molar-refractivity contribution in [3.05, 3.63) is 35.6 Å². The number of rotatable bonds is 6. The summed E-state index contributed by atoms with van der Waals surface area (Å²) in [4.78, 5) is 16.6. The molecule has 2 saturated heterocycles. The van der Waals surface area contributed by atoms with Crippen molar-refractivity contribution < 1.29 is 18.7 Å². The molecular formula is C20H30FN3O3. The number of nitrogens with zero attached hydrogens (tertiary/aromatic N) is 2. The molecule has 2 heterocycles. The quantitative estimate of drug-likeness (QED) is 0.824. The van der Waals surface area contributed by atoms with E-state index >= 15 is 0 Å². The molecule has 0 saturated carbocycles. The maximum Gasteiger partial charge on any atom is 0.317 e. The first kappa shape index (κ1) is 20.0. The van der Waals surface area contributed by atoms with Gasteiger partial charge in [-0.25, -0.2) is 9.18 Å². The number of hydrogen-bond donors (Lipinski definition) is 1. The molecule has 6 nitrogen and oxygen atoms in total. The zero-order chi connectivity index (χ0) is 19.2. The number of carbonyl (C=O) groups is 1. The Morgan fingerprint density at radius 1 is 1.30 bits per heavy atom. The van der Waals surface area contributed by atoms with Crippen LogP contribution in [0.25, 0.3) is 0 Å². The minimum atomic E-state index is -0.345. The minimum Gasteiger partial charge on any atom is -0.381 e. The molecule has 1 aromatic rings. The standard InChI is InChI=1S/C20H30FN3O3/c1-15(17-5-3-4-6-18(17)21)23(2)20(25)22-13-19(16-7-10-27-14-16)24-8-11-26-12-9-24/h3-6,15-16,19H,7-14H2,1-2H3,(H,22,25)/t15-,16+,19-/m1/s1. The van der Waals surface area contributed by atoms with Gasteiger partial charge in [-0.05, 0) is 19.4 Å². The highest BCUT2D eigenvalue weighted by Gasteiger charge is 2.32. The molecule has 7 heteroatoms. The van der Waals surface area contributed by atoms with Crippen LogP contribution in [0.15, 0.2) is 24.3 Å². The topological polar surface area (TPSA) is 54.0 Å². The summed E-state index contributed by atoms with van der Waals surface area (Å²) in [6.07, 6.45) is 1.01. The number of amides is 2. The SMILES string of the molecule is C[C@H](c1ccccc1F)N(C)C(=O)NC[C@H]([C@H]1CCOC1)N1CCOCC1. The molecule has 3 atom stereocenters. The Morgan fingerprint density at radius 3 is 2.70 bits per heavy atom. The lowest BCUT2D eigenvalue weighted by atomic mass is 9.97. The molecule has 0 unspecified atom stereocenters. The van der Waals surface area contributed by atoms with Crippen LogP contribution in [-0.2, 0) is 9.47 Å². The second kappa shape index (κ2) is 9.48. The summed E-state index contributed by atoms with van der Waals surface area (Å²) in [6, 6.07) is 6.28. The molecule has 1 aromatic carbocycles. The molecule has 0 radical (unpaired) electrons. The molecule has 27 heavy (non-hydrogen) atoms. The Kier molecular flexibility index (Phi) is 7.04. The van der Waals surface area contributed by atoms with Crippen LogP contribution >= 0.6 is 0 Å². The Hall–Kier alpha value is -1.70. The van der Waals surface area contributed by atoms with Gasteiger partial charge in [-0.3, -0.25) is 4.90 Å². The number of urea groups is 1. The maximum atomic E-state index is 14.0. The number of ether oxygens (including phenoxy) is 2. The fourth-order valence-electron chi connectivity index (χ4n) is 3.87. The molecule has 0 bridgehead atoms. The molecule has 2 amide bonds. The molecule has 2 aliphatic heterocycles. The van der Waals surface area contributed by atoms with Crippen molar-refractivity contribution in [2.24, 2.45) is 5.92 Å². The summed E-state index contributed by atoms with van der Waals surface area (Å²) >= 11 is 0. The van der Waals surface area contributed by atoms with Gasteiger partial charge in [-0.2, -0.15) is 0 Å². The third-order valence-electron chi connectivity index (χ3n) is 5.74. The smallest absolute Gasteiger partial charge is 0.317 e. The van der Waals surface area contributed by atoms with E-state index in [0.717, 1.165) is 45.9 Å². The van der Waals surface area contributed by atoms with E-state index in [1.165, 1.54) is 6.07 Å². The summed E-state index contributed by atoms with van der Waals surface area (Å²) in [5, 5.41) is 3.05. The van der Waals surface area contributed by atoms with Crippen molar-refractivity contribution in [3.8, 4) is 0 Å². The van der Waals surface area contributed by atoms with Crippen molar-refractivity contribution in [2.45, 2.75) is 25.4 Å². The fourth-order valence-corrected chi connectivity index (χ4v) is 3.87. The predicted molar refractivity (Wildman–Crippen MR) is 101 cm³/mol. The first-order valence-electron chi connectivity index (χ1n) is 9.72. The second-order valence-electron chi connectivity index (χ2n) is 7.33. The Morgan fingerprint density at radius 2 is 2.04 bits per heavy atom. The first-order valence-corrected chi connectivity index (χ1v) is 9.72. The zero-order valence-corrected chi connectivity index (χ0v) is 16.2. The van der Waals surface area contributed by atoms with E-state index < -0.39 is 0 Å². The minimum absolute atomic E-state index is 0.192. The van der Waals surface area contributed by atoms with Crippen molar-refractivity contribution in [2.75, 3.05) is 53.1 Å². The molecule has 1 N–H and O–H groups in total. The van der Waals surface area contributed by atoms with Gasteiger partial charge >= 0.3 is 6.03 Å². The van der Waals surface area contributed by atoms with E-state index in [1.54, 1.807) is 30.1 Å². The number of benzene rings is 1. The van der Waals surface area contributed by atoms with Crippen LogP contribution in [0.2, 0.25) is 0 Å². The molecule has 150 valence electrons. The molecule has 2 aliphatic rings. The zero-order valence-electron chi connectivity index (χ0n) is 16.2. The monoisotopic (exact) mass is 379 g/mol. The Labute approximate surface area is 160 Å². The maximum absolute atomic E-state index is 14.0. The summed E-state index contributed by atoms with van der Waals surface area (Å²) < 4.78 is 25.1. The van der Waals surface area contributed by atoms with Gasteiger partial charge in [0.15, 0.2) is 0 Å². The highest BCUT2D eigenvalue weighted by atomic mass is 19.1. The first-order chi connectivity index (χ1) is 13.1. The van der Waals surface area contributed by atoms with Gasteiger partial charge in [-0.1, -0.05) is 18.2 Å². The highest BCUT2D eigenvalue weighted by molar-refractivity contribution is 5.74. The number of carbonyl (C=O) groups excluding carboxylic acids is 1. The molecule has 0 aromatic heterocycles. The summed E-state index contributed by atoms with van der Waals surface area (Å²) in [5.74, 6) is 0.122. The third kappa shape index (κ3) is 4.97. The fraction of sp³-hybridized carbons (Fsp3) is 0.650. The van der Waals surface area contributed by atoms with Crippen LogP contribution < -0.4 is 5.32 Å². The van der Waals surface area contributed by atoms with Gasteiger partial charge in [0.2, 0.25) is 0 Å². The molecule has 2 fully saturated rings. The van der Waals surface area contributed by atoms with Crippen LogP contribution in [0.1, 0.15) is 24.9 Å². The van der Waals surface area contributed by atoms with Crippen molar-refractivity contribution in [1.29, 1.82) is 0 Å². The largest absolute Gasteiger partial charge is 0.381 e. The lowest BCUT2D eigenvalue weighted by Crippen LogP contribution is -2.53. The van der Waals surface area contributed by atoms with Crippen LogP contribution in [0.5, 0.6) is 0 Å². The lowest BCUT2D eigenvalue weighted by molar-refractivity contribution is 0.00184. The molecule has 0 spiro atoms. The van der Waals surface area contributed by atoms with Crippen molar-refractivity contribution >= 4 is 6.03 Å². The lowest BCUT2D eigenvalue weighted by Gasteiger charge is -2.38. The van der Waals surface area contributed by atoms with E-state index in [0.29, 0.717) is 18.0 Å². The number of halogens is 1. The second-order valence-corrected chi connectivity index (χ2v) is 7.33. The average molecular weight is 379 g/mol. The van der Waals surface area contributed by atoms with Gasteiger partial charge in [0.25, 0.3) is 0 Å². The van der Waals surface area contributed by atoms with Gasteiger partial charge in [0.05, 0.1) is 25.9 Å². The third-order valence-corrected chi connectivity index (χ3v) is 5.74. The van der Waals surface area contributed by atoms with E-state index in [9.17, 15) is 9.18 Å². The van der Waals surface area contributed by atoms with Gasteiger partial charge in [-0.15, -0.1) is 0 Å². The summed E-state index contributed by atoms with van der Waals surface area (Å²) in [5.41, 5.74) is 0.518. The molecular weight excluding hydrogens is 349 g/mol. The Bertz CT molecular complexity index is 618. The van der Waals surface area contributed by atoms with Crippen molar-refractivity contribution in [3.63, 3.8) is 0 Å². The highest BCUT2D eigenvalue weighted by Crippen LogP contribution is 2.23. The molecule has 0 aliphatic carbocycles. The van der Waals surface area contributed by atoms with E-state index in [4.69, 9.17) is 9.47 Å². The van der Waals surface area contributed by atoms with Gasteiger partial charge in [0, 0.05) is 50.8 Å². The number of morpholine rings is 1. The summed E-state index contributed by atoms with van der Waals surface area (Å²) in [7, 11) is 1.70. The van der Waals surface area contributed by atoms with Crippen LogP contribution in [0.3, 0.4) is 0 Å². The number of hydrogen-bond acceptors (Lipinski definition) is 4. The average Bonchev–Trinajstić information content (AvgIpc) is 3.22. The van der Waals surface area contributed by atoms with Crippen molar-refractivity contribution in [1.82, 2.24) is 15.1 Å². The Balaban J connectivity index is 1.60. The molecule has 3 rings (SSSR count). The van der Waals surface area contributed by atoms with Crippen LogP contribution in [0.4, 0.5) is 9.18 Å². The van der Waals surface area contributed by atoms with Gasteiger partial charge in [0.1, 0.15) is 5.82 Å². The summed E-state index contributed by atoms with van der Waals surface area (Å²) in [6.45, 7) is 7.11. The normalized spacial score (nSPS) is 23.0. The van der Waals surface area contributed by atoms with E-state index in [2.05, 4.69) is 10.2 Å². The van der Waals surface area contributed by atoms with Crippen LogP contribution in [0, 0.1) is 11.7 Å². The van der Waals surface area contributed by atoms with Gasteiger partial charge < -0.3 is 19.7 Å². The van der Waals surface area contributed by atoms with E-state index in [1.807, 2.05) is 6.92 Å². The van der Waals surface area contributed by atoms with E-state index in [-0.39, 0.29) is 23.9 Å². The van der Waals surface area contributed by atoms with Crippen LogP contribution in [-0.4, -0.2) is 75.0 Å². The predicted octanol–water partition coefficient (Wildman–Crippen LogP) is 2.27. The number of nitrogens with one attached hydrogen (secondary N) is 1.